The smallest absolute Gasteiger partial charge is 0.252 e. The maximum atomic E-state index is 12.7. The Hall–Kier alpha value is -3.87. The second-order valence-electron chi connectivity index (χ2n) is 6.20. The quantitative estimate of drug-likeness (QED) is 0.528. The van der Waals surface area contributed by atoms with Gasteiger partial charge in [0.25, 0.3) is 5.91 Å². The lowest BCUT2D eigenvalue weighted by Gasteiger charge is -2.09. The monoisotopic (exact) mass is 370 g/mol. The molecule has 4 rings (SSSR count). The molecule has 138 valence electrons. The summed E-state index contributed by atoms with van der Waals surface area (Å²) in [6, 6.07) is 9.38. The predicted molar refractivity (Wildman–Crippen MR) is 107 cm³/mol. The van der Waals surface area contributed by atoms with Gasteiger partial charge < -0.3 is 5.32 Å². The van der Waals surface area contributed by atoms with E-state index in [0.29, 0.717) is 35.4 Å². The fourth-order valence-electron chi connectivity index (χ4n) is 2.94. The molecule has 28 heavy (non-hydrogen) atoms. The van der Waals surface area contributed by atoms with Crippen molar-refractivity contribution in [3.63, 3.8) is 0 Å². The van der Waals surface area contributed by atoms with E-state index in [2.05, 4.69) is 27.0 Å². The van der Waals surface area contributed by atoms with Gasteiger partial charge in [0, 0.05) is 36.9 Å². The molecule has 0 aliphatic rings. The van der Waals surface area contributed by atoms with Crippen LogP contribution in [0.2, 0.25) is 0 Å². The van der Waals surface area contributed by atoms with Crippen molar-refractivity contribution in [1.29, 1.82) is 0 Å². The van der Waals surface area contributed by atoms with E-state index in [9.17, 15) is 4.79 Å². The van der Waals surface area contributed by atoms with Gasteiger partial charge in [0.1, 0.15) is 0 Å². The molecule has 0 atom stereocenters. The van der Waals surface area contributed by atoms with E-state index < -0.39 is 0 Å². The standard InChI is InChI=1S/C21H18N6O/c1-2-7-24-21(28)17-10-19(16-6-4-9-23-12-16)26-20-18(17)13-25-27(20)14-15-5-3-8-22-11-15/h2-6,8-13H,1,7,14H2,(H,24,28). The molecule has 7 nitrogen and oxygen atoms in total. The van der Waals surface area contributed by atoms with Crippen LogP contribution >= 0.6 is 0 Å². The Morgan fingerprint density at radius 2 is 1.96 bits per heavy atom. The zero-order valence-corrected chi connectivity index (χ0v) is 15.1. The van der Waals surface area contributed by atoms with E-state index in [-0.39, 0.29) is 5.91 Å². The van der Waals surface area contributed by atoms with Gasteiger partial charge in [-0.15, -0.1) is 6.58 Å². The number of rotatable bonds is 6. The molecule has 0 spiro atoms. The third kappa shape index (κ3) is 3.50. The molecule has 0 aliphatic heterocycles. The van der Waals surface area contributed by atoms with Crippen LogP contribution in [-0.2, 0) is 6.54 Å². The highest BCUT2D eigenvalue weighted by atomic mass is 16.1. The summed E-state index contributed by atoms with van der Waals surface area (Å²) in [5.74, 6) is -0.196. The molecule has 0 aromatic carbocycles. The Kier molecular flexibility index (Phi) is 4.88. The topological polar surface area (TPSA) is 85.6 Å². The van der Waals surface area contributed by atoms with Crippen LogP contribution in [-0.4, -0.2) is 37.2 Å². The Bertz CT molecular complexity index is 1120. The van der Waals surface area contributed by atoms with E-state index in [4.69, 9.17) is 4.98 Å². The molecule has 0 saturated heterocycles. The van der Waals surface area contributed by atoms with E-state index in [1.807, 2.05) is 24.3 Å². The highest BCUT2D eigenvalue weighted by molar-refractivity contribution is 6.06. The maximum absolute atomic E-state index is 12.7. The number of hydrogen-bond acceptors (Lipinski definition) is 5. The van der Waals surface area contributed by atoms with Gasteiger partial charge in [-0.1, -0.05) is 12.1 Å². The minimum atomic E-state index is -0.196. The molecule has 0 radical (unpaired) electrons. The van der Waals surface area contributed by atoms with Crippen molar-refractivity contribution < 1.29 is 4.79 Å². The Labute approximate surface area is 161 Å². The van der Waals surface area contributed by atoms with Crippen molar-refractivity contribution in [3.8, 4) is 11.3 Å². The number of aromatic nitrogens is 5. The number of pyridine rings is 3. The maximum Gasteiger partial charge on any atom is 0.252 e. The van der Waals surface area contributed by atoms with Crippen LogP contribution in [0, 0.1) is 0 Å². The second-order valence-corrected chi connectivity index (χ2v) is 6.20. The molecule has 0 bridgehead atoms. The van der Waals surface area contributed by atoms with E-state index in [1.54, 1.807) is 47.8 Å². The van der Waals surface area contributed by atoms with Crippen LogP contribution in [0.15, 0.2) is 74.0 Å². The molecule has 0 fully saturated rings. The first-order valence-corrected chi connectivity index (χ1v) is 8.81. The number of nitrogens with one attached hydrogen (secondary N) is 1. The molecular formula is C21H18N6O. The van der Waals surface area contributed by atoms with Crippen molar-refractivity contribution in [3.05, 3.63) is 85.1 Å². The van der Waals surface area contributed by atoms with Gasteiger partial charge >= 0.3 is 0 Å². The lowest BCUT2D eigenvalue weighted by Crippen LogP contribution is -2.23. The third-order valence-corrected chi connectivity index (χ3v) is 4.27. The normalized spacial score (nSPS) is 10.7. The van der Waals surface area contributed by atoms with Gasteiger partial charge in [-0.3, -0.25) is 14.8 Å². The minimum absolute atomic E-state index is 0.196. The van der Waals surface area contributed by atoms with Gasteiger partial charge in [-0.2, -0.15) is 5.10 Å². The van der Waals surface area contributed by atoms with Crippen LogP contribution in [0.25, 0.3) is 22.3 Å². The Morgan fingerprint density at radius 1 is 1.14 bits per heavy atom. The van der Waals surface area contributed by atoms with Gasteiger partial charge in [-0.05, 0) is 29.8 Å². The first-order chi connectivity index (χ1) is 13.8. The van der Waals surface area contributed by atoms with Crippen LogP contribution in [0.5, 0.6) is 0 Å². The van der Waals surface area contributed by atoms with Gasteiger partial charge in [0.05, 0.1) is 29.4 Å². The summed E-state index contributed by atoms with van der Waals surface area (Å²) in [7, 11) is 0. The molecule has 4 heterocycles. The molecule has 0 saturated carbocycles. The fraction of sp³-hybridized carbons (Fsp3) is 0.0952. The average Bonchev–Trinajstić information content (AvgIpc) is 3.15. The fourth-order valence-corrected chi connectivity index (χ4v) is 2.94. The molecular weight excluding hydrogens is 352 g/mol. The summed E-state index contributed by atoms with van der Waals surface area (Å²) in [6.07, 6.45) is 10.3. The molecule has 4 aromatic heterocycles. The van der Waals surface area contributed by atoms with Crippen molar-refractivity contribution in [2.45, 2.75) is 6.54 Å². The lowest BCUT2D eigenvalue weighted by atomic mass is 10.1. The molecule has 0 aliphatic carbocycles. The molecule has 7 heteroatoms. The molecule has 1 amide bonds. The minimum Gasteiger partial charge on any atom is -0.349 e. The van der Waals surface area contributed by atoms with Crippen LogP contribution < -0.4 is 5.32 Å². The summed E-state index contributed by atoms with van der Waals surface area (Å²) in [5, 5.41) is 7.98. The highest BCUT2D eigenvalue weighted by Gasteiger charge is 2.17. The third-order valence-electron chi connectivity index (χ3n) is 4.27. The first-order valence-electron chi connectivity index (χ1n) is 8.81. The van der Waals surface area contributed by atoms with Crippen LogP contribution in [0.1, 0.15) is 15.9 Å². The van der Waals surface area contributed by atoms with E-state index >= 15 is 0 Å². The van der Waals surface area contributed by atoms with Crippen molar-refractivity contribution >= 4 is 16.9 Å². The zero-order valence-electron chi connectivity index (χ0n) is 15.1. The Balaban J connectivity index is 1.85. The zero-order chi connectivity index (χ0) is 19.3. The van der Waals surface area contributed by atoms with Gasteiger partial charge in [-0.25, -0.2) is 9.67 Å². The Morgan fingerprint density at radius 3 is 2.68 bits per heavy atom. The predicted octanol–water partition coefficient (Wildman–Crippen LogP) is 2.85. The molecule has 4 aromatic rings. The van der Waals surface area contributed by atoms with Gasteiger partial charge in [0.2, 0.25) is 0 Å². The summed E-state index contributed by atoms with van der Waals surface area (Å²) in [5.41, 5.74) is 3.64. The summed E-state index contributed by atoms with van der Waals surface area (Å²) >= 11 is 0. The van der Waals surface area contributed by atoms with Crippen LogP contribution in [0.3, 0.4) is 0 Å². The summed E-state index contributed by atoms with van der Waals surface area (Å²) in [6.45, 7) is 4.54. The summed E-state index contributed by atoms with van der Waals surface area (Å²) in [4.78, 5) is 25.8. The SMILES string of the molecule is C=CCNC(=O)c1cc(-c2cccnc2)nc2c1cnn2Cc1cccnc1. The number of carbonyl (C=O) groups excluding carboxylic acids is 1. The second kappa shape index (κ2) is 7.79. The average molecular weight is 370 g/mol. The van der Waals surface area contributed by atoms with E-state index in [1.165, 1.54) is 0 Å². The lowest BCUT2D eigenvalue weighted by molar-refractivity contribution is 0.0959. The molecule has 1 N–H and O–H groups in total. The number of amides is 1. The summed E-state index contributed by atoms with van der Waals surface area (Å²) < 4.78 is 1.77. The van der Waals surface area contributed by atoms with Crippen molar-refractivity contribution in [2.24, 2.45) is 0 Å². The van der Waals surface area contributed by atoms with E-state index in [0.717, 1.165) is 11.1 Å². The first kappa shape index (κ1) is 17.5. The molecule has 0 unspecified atom stereocenters. The van der Waals surface area contributed by atoms with Crippen molar-refractivity contribution in [2.75, 3.05) is 6.54 Å². The largest absolute Gasteiger partial charge is 0.349 e. The van der Waals surface area contributed by atoms with Gasteiger partial charge in [0.15, 0.2) is 5.65 Å². The number of carbonyl (C=O) groups is 1. The van der Waals surface area contributed by atoms with Crippen molar-refractivity contribution in [1.82, 2.24) is 30.0 Å². The van der Waals surface area contributed by atoms with Crippen LogP contribution in [0.4, 0.5) is 0 Å². The number of nitrogens with zero attached hydrogens (tertiary/aromatic N) is 5. The number of hydrogen-bond donors (Lipinski definition) is 1. The highest BCUT2D eigenvalue weighted by Crippen LogP contribution is 2.25. The number of fused-ring (bicyclic) bond motifs is 1.